The minimum absolute atomic E-state index is 0.0429. The second-order valence-corrected chi connectivity index (χ2v) is 6.88. The van der Waals surface area contributed by atoms with Crippen LogP contribution in [0.3, 0.4) is 0 Å². The SMILES string of the molecule is COc1ccc(SCCCC(=O)Nc2cc(Cl)cc(Cl)c2)cc1. The Balaban J connectivity index is 1.71. The molecule has 0 saturated carbocycles. The number of thioether (sulfide) groups is 1. The minimum atomic E-state index is -0.0429. The smallest absolute Gasteiger partial charge is 0.224 e. The Morgan fingerprint density at radius 1 is 1.13 bits per heavy atom. The molecule has 0 heterocycles. The molecule has 0 aromatic heterocycles. The number of methoxy groups -OCH3 is 1. The molecule has 0 radical (unpaired) electrons. The average molecular weight is 370 g/mol. The van der Waals surface area contributed by atoms with Gasteiger partial charge >= 0.3 is 0 Å². The molecule has 0 atom stereocenters. The zero-order valence-corrected chi connectivity index (χ0v) is 15.0. The molecule has 0 bridgehead atoms. The van der Waals surface area contributed by atoms with E-state index in [-0.39, 0.29) is 5.91 Å². The van der Waals surface area contributed by atoms with E-state index < -0.39 is 0 Å². The molecule has 23 heavy (non-hydrogen) atoms. The summed E-state index contributed by atoms with van der Waals surface area (Å²) in [5, 5.41) is 3.81. The molecule has 0 fully saturated rings. The first-order chi connectivity index (χ1) is 11.1. The number of carbonyl (C=O) groups excluding carboxylic acids is 1. The molecule has 6 heteroatoms. The van der Waals surface area contributed by atoms with Crippen LogP contribution in [-0.4, -0.2) is 18.8 Å². The van der Waals surface area contributed by atoms with Crippen molar-refractivity contribution in [1.82, 2.24) is 0 Å². The van der Waals surface area contributed by atoms with E-state index in [0.29, 0.717) is 22.2 Å². The second kappa shape index (κ2) is 9.06. The maximum Gasteiger partial charge on any atom is 0.224 e. The molecule has 0 unspecified atom stereocenters. The van der Waals surface area contributed by atoms with E-state index in [0.717, 1.165) is 22.8 Å². The first-order valence-electron chi connectivity index (χ1n) is 7.09. The van der Waals surface area contributed by atoms with E-state index in [4.69, 9.17) is 27.9 Å². The van der Waals surface area contributed by atoms with Crippen molar-refractivity contribution in [3.8, 4) is 5.75 Å². The molecule has 0 aliphatic heterocycles. The van der Waals surface area contributed by atoms with Gasteiger partial charge in [-0.2, -0.15) is 0 Å². The molecule has 0 aliphatic carbocycles. The molecule has 2 aromatic carbocycles. The first-order valence-corrected chi connectivity index (χ1v) is 8.84. The third-order valence-corrected chi connectivity index (χ3v) is 4.56. The predicted molar refractivity (Wildman–Crippen MR) is 98.0 cm³/mol. The van der Waals surface area contributed by atoms with E-state index in [2.05, 4.69) is 5.32 Å². The van der Waals surface area contributed by atoms with Gasteiger partial charge in [0.25, 0.3) is 0 Å². The summed E-state index contributed by atoms with van der Waals surface area (Å²) >= 11 is 13.5. The van der Waals surface area contributed by atoms with Crippen LogP contribution in [0.25, 0.3) is 0 Å². The molecule has 2 aromatic rings. The second-order valence-electron chi connectivity index (χ2n) is 4.83. The Morgan fingerprint density at radius 2 is 1.78 bits per heavy atom. The van der Waals surface area contributed by atoms with Crippen molar-refractivity contribution in [2.75, 3.05) is 18.2 Å². The van der Waals surface area contributed by atoms with Crippen LogP contribution in [0.1, 0.15) is 12.8 Å². The summed E-state index contributed by atoms with van der Waals surface area (Å²) in [6.07, 6.45) is 1.24. The Bertz CT molecular complexity index is 642. The third-order valence-electron chi connectivity index (χ3n) is 3.02. The van der Waals surface area contributed by atoms with Crippen molar-refractivity contribution in [1.29, 1.82) is 0 Å². The van der Waals surface area contributed by atoms with Crippen LogP contribution in [0.5, 0.6) is 5.75 Å². The fourth-order valence-corrected chi connectivity index (χ4v) is 3.32. The highest BCUT2D eigenvalue weighted by atomic mass is 35.5. The number of nitrogens with one attached hydrogen (secondary N) is 1. The lowest BCUT2D eigenvalue weighted by atomic mass is 10.3. The molecule has 0 saturated heterocycles. The fourth-order valence-electron chi connectivity index (χ4n) is 1.94. The normalized spacial score (nSPS) is 10.4. The standard InChI is InChI=1S/C17H17Cl2NO2S/c1-22-15-4-6-16(7-5-15)23-8-2-3-17(21)20-14-10-12(18)9-13(19)11-14/h4-7,9-11H,2-3,8H2,1H3,(H,20,21). The summed E-state index contributed by atoms with van der Waals surface area (Å²) in [4.78, 5) is 13.1. The number of carbonyl (C=O) groups is 1. The molecule has 3 nitrogen and oxygen atoms in total. The van der Waals surface area contributed by atoms with Gasteiger partial charge in [-0.25, -0.2) is 0 Å². The van der Waals surface area contributed by atoms with E-state index in [9.17, 15) is 4.79 Å². The summed E-state index contributed by atoms with van der Waals surface area (Å²) in [6.45, 7) is 0. The van der Waals surface area contributed by atoms with Crippen LogP contribution >= 0.6 is 35.0 Å². The first kappa shape index (κ1) is 18.0. The van der Waals surface area contributed by atoms with E-state index >= 15 is 0 Å². The molecular weight excluding hydrogens is 353 g/mol. The highest BCUT2D eigenvalue weighted by Crippen LogP contribution is 2.24. The Kier molecular flexibility index (Phi) is 7.09. The van der Waals surface area contributed by atoms with Crippen molar-refractivity contribution in [2.45, 2.75) is 17.7 Å². The number of halogens is 2. The Morgan fingerprint density at radius 3 is 2.39 bits per heavy atom. The van der Waals surface area contributed by atoms with Crippen molar-refractivity contribution in [3.05, 3.63) is 52.5 Å². The van der Waals surface area contributed by atoms with E-state index in [1.54, 1.807) is 37.1 Å². The lowest BCUT2D eigenvalue weighted by molar-refractivity contribution is -0.116. The highest BCUT2D eigenvalue weighted by Gasteiger charge is 2.05. The fraction of sp³-hybridized carbons (Fsp3) is 0.235. The predicted octanol–water partition coefficient (Wildman–Crippen LogP) is 5.51. The van der Waals surface area contributed by atoms with Crippen LogP contribution in [0.4, 0.5) is 5.69 Å². The molecule has 2 rings (SSSR count). The quantitative estimate of drug-likeness (QED) is 0.516. The zero-order valence-electron chi connectivity index (χ0n) is 12.6. The van der Waals surface area contributed by atoms with Crippen LogP contribution in [-0.2, 0) is 4.79 Å². The number of hydrogen-bond donors (Lipinski definition) is 1. The van der Waals surface area contributed by atoms with Gasteiger partial charge in [-0.3, -0.25) is 4.79 Å². The molecular formula is C17H17Cl2NO2S. The van der Waals surface area contributed by atoms with Crippen LogP contribution < -0.4 is 10.1 Å². The van der Waals surface area contributed by atoms with Crippen LogP contribution in [0.15, 0.2) is 47.4 Å². The Labute approximate surface area is 150 Å². The molecule has 122 valence electrons. The summed E-state index contributed by atoms with van der Waals surface area (Å²) in [7, 11) is 1.65. The average Bonchev–Trinajstić information content (AvgIpc) is 2.51. The topological polar surface area (TPSA) is 38.3 Å². The number of hydrogen-bond acceptors (Lipinski definition) is 3. The number of benzene rings is 2. The summed E-state index contributed by atoms with van der Waals surface area (Å²) < 4.78 is 5.12. The van der Waals surface area contributed by atoms with Gasteiger partial charge in [0.2, 0.25) is 5.91 Å². The van der Waals surface area contributed by atoms with E-state index in [1.165, 1.54) is 0 Å². The van der Waals surface area contributed by atoms with Crippen molar-refractivity contribution < 1.29 is 9.53 Å². The lowest BCUT2D eigenvalue weighted by Crippen LogP contribution is -2.11. The largest absolute Gasteiger partial charge is 0.497 e. The Hall–Kier alpha value is -1.36. The number of ether oxygens (including phenoxy) is 1. The molecule has 0 aliphatic rings. The van der Waals surface area contributed by atoms with Gasteiger partial charge in [-0.15, -0.1) is 11.8 Å². The minimum Gasteiger partial charge on any atom is -0.497 e. The summed E-state index contributed by atoms with van der Waals surface area (Å²) in [5.41, 5.74) is 0.621. The number of amides is 1. The lowest BCUT2D eigenvalue weighted by Gasteiger charge is -2.07. The van der Waals surface area contributed by atoms with Gasteiger partial charge in [0.1, 0.15) is 5.75 Å². The molecule has 1 amide bonds. The van der Waals surface area contributed by atoms with Gasteiger partial charge in [0.15, 0.2) is 0 Å². The molecule has 0 spiro atoms. The maximum absolute atomic E-state index is 11.9. The maximum atomic E-state index is 11.9. The third kappa shape index (κ3) is 6.34. The van der Waals surface area contributed by atoms with Gasteiger partial charge in [-0.05, 0) is 54.6 Å². The van der Waals surface area contributed by atoms with Gasteiger partial charge in [0, 0.05) is 27.0 Å². The van der Waals surface area contributed by atoms with Gasteiger partial charge in [-0.1, -0.05) is 23.2 Å². The van der Waals surface area contributed by atoms with Gasteiger partial charge < -0.3 is 10.1 Å². The van der Waals surface area contributed by atoms with Crippen LogP contribution in [0, 0.1) is 0 Å². The highest BCUT2D eigenvalue weighted by molar-refractivity contribution is 7.99. The van der Waals surface area contributed by atoms with Crippen molar-refractivity contribution in [3.63, 3.8) is 0 Å². The van der Waals surface area contributed by atoms with Gasteiger partial charge in [0.05, 0.1) is 7.11 Å². The number of rotatable bonds is 7. The summed E-state index contributed by atoms with van der Waals surface area (Å²) in [6, 6.07) is 12.9. The summed E-state index contributed by atoms with van der Waals surface area (Å²) in [5.74, 6) is 1.67. The zero-order chi connectivity index (χ0) is 16.7. The van der Waals surface area contributed by atoms with Crippen molar-refractivity contribution in [2.24, 2.45) is 0 Å². The number of anilines is 1. The monoisotopic (exact) mass is 369 g/mol. The van der Waals surface area contributed by atoms with E-state index in [1.807, 2.05) is 24.3 Å². The van der Waals surface area contributed by atoms with Crippen LogP contribution in [0.2, 0.25) is 10.0 Å². The van der Waals surface area contributed by atoms with Crippen molar-refractivity contribution >= 4 is 46.6 Å². The molecule has 1 N–H and O–H groups in total.